The van der Waals surface area contributed by atoms with E-state index >= 15 is 0 Å². The molecule has 1 heterocycles. The molecule has 3 nitrogen and oxygen atoms in total. The average Bonchev–Trinajstić information content (AvgIpc) is 2.28. The van der Waals surface area contributed by atoms with Gasteiger partial charge in [0.2, 0.25) is 5.91 Å². The Morgan fingerprint density at radius 2 is 1.88 bits per heavy atom. The van der Waals surface area contributed by atoms with Gasteiger partial charge >= 0.3 is 0 Å². The zero-order chi connectivity index (χ0) is 12.3. The summed E-state index contributed by atoms with van der Waals surface area (Å²) in [6.45, 7) is 10.3. The highest BCUT2D eigenvalue weighted by Crippen LogP contribution is 2.34. The Morgan fingerprint density at radius 1 is 1.38 bits per heavy atom. The Hall–Kier alpha value is -0.570. The Labute approximate surface area is 99.4 Å². The van der Waals surface area contributed by atoms with Gasteiger partial charge in [0.05, 0.1) is 6.04 Å². The van der Waals surface area contributed by atoms with E-state index in [1.54, 1.807) is 0 Å². The summed E-state index contributed by atoms with van der Waals surface area (Å²) in [4.78, 5) is 14.0. The van der Waals surface area contributed by atoms with Crippen LogP contribution in [0.4, 0.5) is 0 Å². The number of likely N-dealkylation sites (tertiary alicyclic amines) is 1. The molecule has 0 aromatic heterocycles. The summed E-state index contributed by atoms with van der Waals surface area (Å²) in [7, 11) is 0. The molecule has 1 amide bonds. The number of hydrogen-bond acceptors (Lipinski definition) is 2. The van der Waals surface area contributed by atoms with Crippen molar-refractivity contribution in [2.45, 2.75) is 53.0 Å². The summed E-state index contributed by atoms with van der Waals surface area (Å²) in [5, 5.41) is 0. The number of nitrogens with two attached hydrogens (primary N) is 1. The fourth-order valence-corrected chi connectivity index (χ4v) is 2.12. The number of amides is 1. The smallest absolute Gasteiger partial charge is 0.239 e. The number of nitrogens with zero attached hydrogens (tertiary/aromatic N) is 1. The maximum absolute atomic E-state index is 12.0. The number of piperidine rings is 1. The lowest BCUT2D eigenvalue weighted by atomic mass is 9.78. The number of hydrogen-bond donors (Lipinski definition) is 1. The molecule has 1 aliphatic rings. The molecule has 0 aromatic rings. The fourth-order valence-electron chi connectivity index (χ4n) is 2.12. The molecule has 0 aromatic carbocycles. The Balaban J connectivity index is 2.51. The van der Waals surface area contributed by atoms with Crippen LogP contribution in [0.2, 0.25) is 0 Å². The largest absolute Gasteiger partial charge is 0.341 e. The summed E-state index contributed by atoms with van der Waals surface area (Å²) in [5.41, 5.74) is 6.33. The van der Waals surface area contributed by atoms with Gasteiger partial charge in [-0.3, -0.25) is 4.79 Å². The van der Waals surface area contributed by atoms with Crippen molar-refractivity contribution in [3.8, 4) is 0 Å². The minimum atomic E-state index is -0.328. The zero-order valence-electron chi connectivity index (χ0n) is 11.1. The molecular weight excluding hydrogens is 200 g/mol. The lowest BCUT2D eigenvalue weighted by Crippen LogP contribution is -2.50. The fraction of sp³-hybridized carbons (Fsp3) is 0.923. The van der Waals surface area contributed by atoms with Crippen LogP contribution < -0.4 is 5.73 Å². The van der Waals surface area contributed by atoms with Crippen molar-refractivity contribution in [3.05, 3.63) is 0 Å². The van der Waals surface area contributed by atoms with E-state index in [1.165, 1.54) is 6.42 Å². The third-order valence-electron chi connectivity index (χ3n) is 4.14. The molecule has 2 N–H and O–H groups in total. The van der Waals surface area contributed by atoms with Crippen molar-refractivity contribution in [3.63, 3.8) is 0 Å². The lowest BCUT2D eigenvalue weighted by Gasteiger charge is -2.40. The SMILES string of the molecule is CCC1(C)CCN(C(=O)[C@H](N)C(C)C)CC1. The molecule has 16 heavy (non-hydrogen) atoms. The highest BCUT2D eigenvalue weighted by Gasteiger charge is 2.32. The van der Waals surface area contributed by atoms with Gasteiger partial charge in [0.1, 0.15) is 0 Å². The van der Waals surface area contributed by atoms with Gasteiger partial charge in [-0.15, -0.1) is 0 Å². The molecule has 0 spiro atoms. The topological polar surface area (TPSA) is 46.3 Å². The third kappa shape index (κ3) is 2.97. The summed E-state index contributed by atoms with van der Waals surface area (Å²) >= 11 is 0. The van der Waals surface area contributed by atoms with Crippen molar-refractivity contribution in [1.82, 2.24) is 4.90 Å². The standard InChI is InChI=1S/C13H26N2O/c1-5-13(4)6-8-15(9-7-13)12(16)11(14)10(2)3/h10-11H,5-9,14H2,1-4H3/t11-/m1/s1. The minimum absolute atomic E-state index is 0.133. The monoisotopic (exact) mass is 226 g/mol. The third-order valence-corrected chi connectivity index (χ3v) is 4.14. The predicted octanol–water partition coefficient (Wildman–Crippen LogP) is 2.01. The van der Waals surface area contributed by atoms with Gasteiger partial charge in [0.15, 0.2) is 0 Å². The van der Waals surface area contributed by atoms with Gasteiger partial charge in [-0.2, -0.15) is 0 Å². The van der Waals surface area contributed by atoms with Crippen LogP contribution in [0, 0.1) is 11.3 Å². The minimum Gasteiger partial charge on any atom is -0.341 e. The Kier molecular flexibility index (Phi) is 4.36. The molecule has 1 saturated heterocycles. The molecule has 0 saturated carbocycles. The molecule has 0 unspecified atom stereocenters. The molecule has 0 aliphatic carbocycles. The quantitative estimate of drug-likeness (QED) is 0.800. The van der Waals surface area contributed by atoms with Crippen LogP contribution in [-0.4, -0.2) is 29.9 Å². The van der Waals surface area contributed by atoms with E-state index in [9.17, 15) is 4.79 Å². The van der Waals surface area contributed by atoms with Crippen LogP contribution in [0.25, 0.3) is 0 Å². The average molecular weight is 226 g/mol. The van der Waals surface area contributed by atoms with E-state index in [-0.39, 0.29) is 17.9 Å². The maximum atomic E-state index is 12.0. The normalized spacial score (nSPS) is 22.2. The van der Waals surface area contributed by atoms with Crippen LogP contribution in [-0.2, 0) is 4.79 Å². The summed E-state index contributed by atoms with van der Waals surface area (Å²) in [5.74, 6) is 0.361. The van der Waals surface area contributed by atoms with Crippen LogP contribution in [0.3, 0.4) is 0 Å². The van der Waals surface area contributed by atoms with Gasteiger partial charge < -0.3 is 10.6 Å². The van der Waals surface area contributed by atoms with E-state index in [0.29, 0.717) is 5.41 Å². The van der Waals surface area contributed by atoms with Crippen LogP contribution in [0.5, 0.6) is 0 Å². The number of carbonyl (C=O) groups excluding carboxylic acids is 1. The van der Waals surface area contributed by atoms with Gasteiger partial charge in [-0.05, 0) is 24.2 Å². The van der Waals surface area contributed by atoms with Crippen molar-refractivity contribution in [1.29, 1.82) is 0 Å². The van der Waals surface area contributed by atoms with Gasteiger partial charge in [0.25, 0.3) is 0 Å². The number of rotatable bonds is 3. The first-order valence-electron chi connectivity index (χ1n) is 6.44. The molecule has 1 fully saturated rings. The Morgan fingerprint density at radius 3 is 2.25 bits per heavy atom. The highest BCUT2D eigenvalue weighted by molar-refractivity contribution is 5.82. The molecule has 0 bridgehead atoms. The lowest BCUT2D eigenvalue weighted by molar-refractivity contribution is -0.135. The van der Waals surface area contributed by atoms with Gasteiger partial charge in [0, 0.05) is 13.1 Å². The maximum Gasteiger partial charge on any atom is 0.239 e. The molecule has 94 valence electrons. The van der Waals surface area contributed by atoms with Crippen molar-refractivity contribution in [2.24, 2.45) is 17.1 Å². The molecular formula is C13H26N2O. The molecule has 1 rings (SSSR count). The first-order valence-corrected chi connectivity index (χ1v) is 6.44. The zero-order valence-corrected chi connectivity index (χ0v) is 11.1. The summed E-state index contributed by atoms with van der Waals surface area (Å²) < 4.78 is 0. The van der Waals surface area contributed by atoms with Crippen LogP contribution >= 0.6 is 0 Å². The van der Waals surface area contributed by atoms with Crippen molar-refractivity contribution in [2.75, 3.05) is 13.1 Å². The van der Waals surface area contributed by atoms with Crippen molar-refractivity contribution < 1.29 is 4.79 Å². The molecule has 1 atom stereocenters. The first-order chi connectivity index (χ1) is 7.39. The van der Waals surface area contributed by atoms with Crippen molar-refractivity contribution >= 4 is 5.91 Å². The van der Waals surface area contributed by atoms with Gasteiger partial charge in [-0.25, -0.2) is 0 Å². The first kappa shape index (κ1) is 13.5. The molecule has 0 radical (unpaired) electrons. The van der Waals surface area contributed by atoms with E-state index in [0.717, 1.165) is 25.9 Å². The number of carbonyl (C=O) groups is 1. The summed E-state index contributed by atoms with van der Waals surface area (Å²) in [6, 6.07) is -0.328. The second-order valence-electron chi connectivity index (χ2n) is 5.76. The Bertz CT molecular complexity index is 242. The van der Waals surface area contributed by atoms with E-state index in [4.69, 9.17) is 5.73 Å². The molecule has 3 heteroatoms. The summed E-state index contributed by atoms with van der Waals surface area (Å²) in [6.07, 6.45) is 3.42. The van der Waals surface area contributed by atoms with E-state index in [1.807, 2.05) is 18.7 Å². The van der Waals surface area contributed by atoms with E-state index in [2.05, 4.69) is 13.8 Å². The van der Waals surface area contributed by atoms with Crippen LogP contribution in [0.1, 0.15) is 47.0 Å². The predicted molar refractivity (Wildman–Crippen MR) is 67.0 cm³/mol. The van der Waals surface area contributed by atoms with Gasteiger partial charge in [-0.1, -0.05) is 34.1 Å². The van der Waals surface area contributed by atoms with Crippen LogP contribution in [0.15, 0.2) is 0 Å². The van der Waals surface area contributed by atoms with E-state index < -0.39 is 0 Å². The second kappa shape index (κ2) is 5.17. The molecule has 1 aliphatic heterocycles. The second-order valence-corrected chi connectivity index (χ2v) is 5.76. The highest BCUT2D eigenvalue weighted by atomic mass is 16.2.